The van der Waals surface area contributed by atoms with Crippen LogP contribution in [0.2, 0.25) is 0 Å². The number of nitrogens with zero attached hydrogens (tertiary/aromatic N) is 6. The van der Waals surface area contributed by atoms with Gasteiger partial charge in [-0.1, -0.05) is 6.92 Å². The third-order valence-electron chi connectivity index (χ3n) is 8.61. The summed E-state index contributed by atoms with van der Waals surface area (Å²) in [6, 6.07) is 10.9. The molecule has 1 saturated heterocycles. The Morgan fingerprint density at radius 3 is 2.50 bits per heavy atom. The summed E-state index contributed by atoms with van der Waals surface area (Å²) in [6.45, 7) is 7.72. The molecule has 6 rings (SSSR count). The minimum atomic E-state index is -0.700. The fourth-order valence-electron chi connectivity index (χ4n) is 5.91. The summed E-state index contributed by atoms with van der Waals surface area (Å²) in [7, 11) is 3.04. The number of benzene rings is 2. The lowest BCUT2D eigenvalue weighted by atomic mass is 9.99. The van der Waals surface area contributed by atoms with Gasteiger partial charge in [-0.05, 0) is 75.5 Å². The van der Waals surface area contributed by atoms with E-state index in [0.717, 1.165) is 38.0 Å². The highest BCUT2D eigenvalue weighted by atomic mass is 19.1. The van der Waals surface area contributed by atoms with Gasteiger partial charge in [-0.25, -0.2) is 23.7 Å². The van der Waals surface area contributed by atoms with Gasteiger partial charge in [-0.15, -0.1) is 0 Å². The zero-order chi connectivity index (χ0) is 33.8. The first-order chi connectivity index (χ1) is 23.2. The molecule has 1 aliphatic heterocycles. The van der Waals surface area contributed by atoms with Crippen LogP contribution in [0.25, 0.3) is 16.9 Å². The van der Waals surface area contributed by atoms with Gasteiger partial charge in [0.15, 0.2) is 23.1 Å². The van der Waals surface area contributed by atoms with E-state index in [2.05, 4.69) is 32.1 Å². The van der Waals surface area contributed by atoms with Gasteiger partial charge in [0.2, 0.25) is 5.95 Å². The molecule has 1 fully saturated rings. The Kier molecular flexibility index (Phi) is 9.67. The molecule has 0 aliphatic carbocycles. The van der Waals surface area contributed by atoms with Crippen LogP contribution in [0.3, 0.4) is 0 Å². The molecule has 0 radical (unpaired) electrons. The molecule has 13 heteroatoms. The van der Waals surface area contributed by atoms with Gasteiger partial charge in [-0.3, -0.25) is 14.3 Å². The Hall–Kier alpha value is -5.30. The number of imidazole rings is 1. The number of aromatic nitrogens is 5. The summed E-state index contributed by atoms with van der Waals surface area (Å²) in [5, 5.41) is 3.28. The molecule has 1 amide bonds. The van der Waals surface area contributed by atoms with Crippen molar-refractivity contribution in [3.63, 3.8) is 0 Å². The van der Waals surface area contributed by atoms with Crippen molar-refractivity contribution < 1.29 is 23.4 Å². The molecule has 0 bridgehead atoms. The molecule has 250 valence electrons. The van der Waals surface area contributed by atoms with Crippen molar-refractivity contribution in [2.45, 2.75) is 33.1 Å². The highest BCUT2D eigenvalue weighted by Crippen LogP contribution is 2.38. The molecule has 48 heavy (non-hydrogen) atoms. The predicted molar refractivity (Wildman–Crippen MR) is 179 cm³/mol. The number of methoxy groups -OCH3 is 1. The van der Waals surface area contributed by atoms with Crippen molar-refractivity contribution in [1.29, 1.82) is 0 Å². The van der Waals surface area contributed by atoms with Crippen LogP contribution in [-0.4, -0.2) is 68.2 Å². The Morgan fingerprint density at radius 1 is 1.00 bits per heavy atom. The van der Waals surface area contributed by atoms with Crippen LogP contribution in [0.1, 0.15) is 42.4 Å². The second-order valence-corrected chi connectivity index (χ2v) is 11.9. The molecule has 0 unspecified atom stereocenters. The molecular formula is C35H38FN7O5. The van der Waals surface area contributed by atoms with Crippen molar-refractivity contribution in [2.24, 2.45) is 13.0 Å². The van der Waals surface area contributed by atoms with Gasteiger partial charge < -0.3 is 24.4 Å². The van der Waals surface area contributed by atoms with E-state index >= 15 is 4.39 Å². The van der Waals surface area contributed by atoms with E-state index in [-0.39, 0.29) is 23.1 Å². The lowest BCUT2D eigenvalue weighted by molar-refractivity contribution is 0.101. The number of anilines is 1. The summed E-state index contributed by atoms with van der Waals surface area (Å²) in [4.78, 5) is 41.3. The van der Waals surface area contributed by atoms with Crippen molar-refractivity contribution in [2.75, 3.05) is 38.7 Å². The Morgan fingerprint density at radius 2 is 1.77 bits per heavy atom. The predicted octanol–water partition coefficient (Wildman–Crippen LogP) is 5.52. The topological polar surface area (TPSA) is 126 Å². The van der Waals surface area contributed by atoms with Crippen molar-refractivity contribution >= 4 is 22.5 Å². The first kappa shape index (κ1) is 32.6. The highest BCUT2D eigenvalue weighted by molar-refractivity contribution is 6.04. The zero-order valence-electron chi connectivity index (χ0n) is 27.4. The number of piperidine rings is 1. The number of ether oxygens (including phenoxy) is 3. The van der Waals surface area contributed by atoms with Crippen molar-refractivity contribution in [3.05, 3.63) is 88.7 Å². The maximum absolute atomic E-state index is 15.4. The first-order valence-electron chi connectivity index (χ1n) is 15.9. The minimum absolute atomic E-state index is 0.0529. The summed E-state index contributed by atoms with van der Waals surface area (Å²) in [5.41, 5.74) is 0.726. The fourth-order valence-corrected chi connectivity index (χ4v) is 5.91. The number of hydrogen-bond donors (Lipinski definition) is 1. The molecule has 1 N–H and O–H groups in total. The molecule has 2 aromatic carbocycles. The van der Waals surface area contributed by atoms with Gasteiger partial charge in [0.05, 0.1) is 24.9 Å². The normalized spacial score (nSPS) is 13.9. The summed E-state index contributed by atoms with van der Waals surface area (Å²) in [5.74, 6) is 1.06. The number of amides is 1. The van der Waals surface area contributed by atoms with E-state index in [1.807, 2.05) is 0 Å². The van der Waals surface area contributed by atoms with Gasteiger partial charge >= 0.3 is 5.69 Å². The number of likely N-dealkylation sites (tertiary alicyclic amines) is 1. The Bertz CT molecular complexity index is 1990. The number of pyridine rings is 1. The number of carbonyl (C=O) groups excluding carboxylic acids is 1. The van der Waals surface area contributed by atoms with Crippen LogP contribution in [0.4, 0.5) is 10.1 Å². The maximum Gasteiger partial charge on any atom is 0.335 e. The molecule has 0 spiro atoms. The van der Waals surface area contributed by atoms with Gasteiger partial charge in [-0.2, -0.15) is 0 Å². The summed E-state index contributed by atoms with van der Waals surface area (Å²) in [6.07, 6.45) is 7.97. The quantitative estimate of drug-likeness (QED) is 0.183. The highest BCUT2D eigenvalue weighted by Gasteiger charge is 2.23. The van der Waals surface area contributed by atoms with Crippen LogP contribution < -0.4 is 25.2 Å². The largest absolute Gasteiger partial charge is 0.493 e. The smallest absolute Gasteiger partial charge is 0.335 e. The van der Waals surface area contributed by atoms with E-state index in [1.54, 1.807) is 44.5 Å². The minimum Gasteiger partial charge on any atom is -0.493 e. The van der Waals surface area contributed by atoms with Crippen LogP contribution >= 0.6 is 0 Å². The molecule has 1 aliphatic rings. The molecule has 12 nitrogen and oxygen atoms in total. The van der Waals surface area contributed by atoms with E-state index < -0.39 is 17.4 Å². The maximum atomic E-state index is 15.4. The number of carbonyl (C=O) groups is 1. The number of fused-ring (bicyclic) bond motifs is 1. The summed E-state index contributed by atoms with van der Waals surface area (Å²) < 4.78 is 35.5. The van der Waals surface area contributed by atoms with Gasteiger partial charge in [0, 0.05) is 55.4 Å². The van der Waals surface area contributed by atoms with Crippen LogP contribution in [0, 0.1) is 18.7 Å². The monoisotopic (exact) mass is 655 g/mol. The molecule has 0 saturated carbocycles. The van der Waals surface area contributed by atoms with Crippen molar-refractivity contribution in [1.82, 2.24) is 29.0 Å². The average Bonchev–Trinajstić information content (AvgIpc) is 3.31. The molecule has 3 aromatic heterocycles. The number of rotatable bonds is 11. The van der Waals surface area contributed by atoms with Crippen LogP contribution in [0.5, 0.6) is 23.0 Å². The third-order valence-corrected chi connectivity index (χ3v) is 8.61. The fraction of sp³-hybridized carbons (Fsp3) is 0.343. The standard InChI is InChI=1S/C35H38FN7O5/c1-22-10-16-42(17-11-22)15-6-18-47-31-21-27-25(20-30(31)46-4)28(9-14-37-27)48-29-8-7-24(19-26(29)36)40-33(44)32-23(2)43(35(45)41(32)3)34-38-12-5-13-39-34/h5,7-9,12-14,19-22H,6,10-11,15-18H2,1-4H3,(H,40,44). The number of nitrogens with one attached hydrogen (secondary N) is 1. The SMILES string of the molecule is COc1cc2c(Oc3ccc(NC(=O)c4c(C)n(-c5ncccn5)c(=O)n4C)cc3F)ccnc2cc1OCCCN1CCC(C)CC1. The second-order valence-electron chi connectivity index (χ2n) is 11.9. The molecular weight excluding hydrogens is 617 g/mol. The molecule has 5 aromatic rings. The second kappa shape index (κ2) is 14.2. The zero-order valence-corrected chi connectivity index (χ0v) is 27.4. The average molecular weight is 656 g/mol. The third kappa shape index (κ3) is 6.86. The van der Waals surface area contributed by atoms with E-state index in [0.29, 0.717) is 40.5 Å². The van der Waals surface area contributed by atoms with Crippen LogP contribution in [0.15, 0.2) is 65.8 Å². The van der Waals surface area contributed by atoms with E-state index in [9.17, 15) is 9.59 Å². The molecule has 0 atom stereocenters. The van der Waals surface area contributed by atoms with Gasteiger partial charge in [0.1, 0.15) is 11.4 Å². The Balaban J connectivity index is 1.15. The number of hydrogen-bond acceptors (Lipinski definition) is 9. The van der Waals surface area contributed by atoms with Gasteiger partial charge in [0.25, 0.3) is 5.91 Å². The molecule has 4 heterocycles. The van der Waals surface area contributed by atoms with Crippen molar-refractivity contribution in [3.8, 4) is 28.9 Å². The summed E-state index contributed by atoms with van der Waals surface area (Å²) >= 11 is 0. The number of halogens is 1. The Labute approximate surface area is 277 Å². The van der Waals surface area contributed by atoms with E-state index in [1.165, 1.54) is 53.5 Å². The van der Waals surface area contributed by atoms with E-state index in [4.69, 9.17) is 14.2 Å². The lowest BCUT2D eigenvalue weighted by Gasteiger charge is -2.30. The van der Waals surface area contributed by atoms with Crippen LogP contribution in [-0.2, 0) is 7.05 Å². The lowest BCUT2D eigenvalue weighted by Crippen LogP contribution is -2.34. The first-order valence-corrected chi connectivity index (χ1v) is 15.9.